The van der Waals surface area contributed by atoms with Crippen molar-refractivity contribution < 1.29 is 4.79 Å². The van der Waals surface area contributed by atoms with Crippen LogP contribution in [0.2, 0.25) is 0 Å². The molecule has 2 heterocycles. The maximum absolute atomic E-state index is 13.5. The second-order valence-corrected chi connectivity index (χ2v) is 7.57. The molecule has 4 rings (SSSR count). The summed E-state index contributed by atoms with van der Waals surface area (Å²) in [5.74, 6) is 0.320. The van der Waals surface area contributed by atoms with Crippen LogP contribution in [0.3, 0.4) is 0 Å². The minimum absolute atomic E-state index is 0.308. The molecule has 138 valence electrons. The second-order valence-electron chi connectivity index (χ2n) is 7.57. The summed E-state index contributed by atoms with van der Waals surface area (Å²) >= 11 is 0. The van der Waals surface area contributed by atoms with E-state index in [0.717, 1.165) is 57.3 Å². The molecule has 1 amide bonds. The van der Waals surface area contributed by atoms with Gasteiger partial charge in [0.2, 0.25) is 5.91 Å². The summed E-state index contributed by atoms with van der Waals surface area (Å²) < 4.78 is 1.92. The lowest BCUT2D eigenvalue weighted by Gasteiger charge is -2.38. The van der Waals surface area contributed by atoms with E-state index in [2.05, 4.69) is 39.5 Å². The molecule has 6 heteroatoms. The molecule has 0 unspecified atom stereocenters. The van der Waals surface area contributed by atoms with Crippen LogP contribution in [-0.4, -0.2) is 38.9 Å². The summed E-state index contributed by atoms with van der Waals surface area (Å²) in [5.41, 5.74) is 7.32. The number of carbonyl (C=O) groups excluding carboxylic acids is 1. The molecule has 1 aromatic heterocycles. The lowest BCUT2D eigenvalue weighted by molar-refractivity contribution is -0.138. The van der Waals surface area contributed by atoms with Gasteiger partial charge in [0, 0.05) is 19.6 Å². The standard InChI is InChI=1S/C20H27N5O/c21-14-17-15-25(23-22-17)18-8-12-24(13-9-18)19(26)20(10-4-5-11-20)16-6-2-1-3-7-16/h1-3,6-7,15,18H,4-5,8-14,21H2. The Hall–Kier alpha value is -2.21. The van der Waals surface area contributed by atoms with Gasteiger partial charge in [-0.05, 0) is 31.2 Å². The molecular weight excluding hydrogens is 326 g/mol. The zero-order valence-electron chi connectivity index (χ0n) is 15.2. The second kappa shape index (κ2) is 7.19. The largest absolute Gasteiger partial charge is 0.342 e. The van der Waals surface area contributed by atoms with Gasteiger partial charge in [0.1, 0.15) is 0 Å². The molecular formula is C20H27N5O. The van der Waals surface area contributed by atoms with Gasteiger partial charge in [0.05, 0.1) is 23.3 Å². The number of aromatic nitrogens is 3. The Labute approximate surface area is 154 Å². The van der Waals surface area contributed by atoms with Gasteiger partial charge in [0.15, 0.2) is 0 Å². The minimum atomic E-state index is -0.311. The van der Waals surface area contributed by atoms with Gasteiger partial charge in [0.25, 0.3) is 0 Å². The Morgan fingerprint density at radius 3 is 2.46 bits per heavy atom. The minimum Gasteiger partial charge on any atom is -0.342 e. The summed E-state index contributed by atoms with van der Waals surface area (Å²) in [6.45, 7) is 1.99. The predicted octanol–water partition coefficient (Wildman–Crippen LogP) is 2.41. The third kappa shape index (κ3) is 3.03. The third-order valence-electron chi connectivity index (χ3n) is 6.09. The smallest absolute Gasteiger partial charge is 0.233 e. The molecule has 2 aliphatic rings. The first-order chi connectivity index (χ1) is 12.7. The van der Waals surface area contributed by atoms with Crippen LogP contribution in [0.5, 0.6) is 0 Å². The van der Waals surface area contributed by atoms with E-state index in [-0.39, 0.29) is 5.41 Å². The highest BCUT2D eigenvalue weighted by atomic mass is 16.2. The monoisotopic (exact) mass is 353 g/mol. The Balaban J connectivity index is 1.47. The third-order valence-corrected chi connectivity index (χ3v) is 6.09. The first-order valence-electron chi connectivity index (χ1n) is 9.68. The van der Waals surface area contributed by atoms with Gasteiger partial charge in [-0.25, -0.2) is 4.68 Å². The summed E-state index contributed by atoms with van der Waals surface area (Å²) in [7, 11) is 0. The van der Waals surface area contributed by atoms with E-state index in [0.29, 0.717) is 18.5 Å². The molecule has 1 aliphatic heterocycles. The quantitative estimate of drug-likeness (QED) is 0.916. The lowest BCUT2D eigenvalue weighted by Crippen LogP contribution is -2.48. The fourth-order valence-electron chi connectivity index (χ4n) is 4.58. The van der Waals surface area contributed by atoms with Crippen LogP contribution in [0.15, 0.2) is 36.5 Å². The first-order valence-corrected chi connectivity index (χ1v) is 9.68. The SMILES string of the molecule is NCc1cn(C2CCN(C(=O)C3(c4ccccc4)CCCC3)CC2)nn1. The number of carbonyl (C=O) groups is 1. The van der Waals surface area contributed by atoms with Crippen molar-refractivity contribution in [1.82, 2.24) is 19.9 Å². The van der Waals surface area contributed by atoms with Crippen LogP contribution in [0, 0.1) is 0 Å². The number of rotatable bonds is 4. The van der Waals surface area contributed by atoms with E-state index in [1.165, 1.54) is 5.56 Å². The van der Waals surface area contributed by atoms with E-state index in [1.807, 2.05) is 16.9 Å². The predicted molar refractivity (Wildman–Crippen MR) is 99.4 cm³/mol. The first kappa shape index (κ1) is 17.2. The fraction of sp³-hybridized carbons (Fsp3) is 0.550. The Bertz CT molecular complexity index is 743. The van der Waals surface area contributed by atoms with Crippen LogP contribution in [0.1, 0.15) is 55.8 Å². The number of hydrogen-bond acceptors (Lipinski definition) is 4. The number of benzene rings is 1. The van der Waals surface area contributed by atoms with Gasteiger partial charge in [-0.3, -0.25) is 4.79 Å². The van der Waals surface area contributed by atoms with E-state index in [4.69, 9.17) is 5.73 Å². The molecule has 0 radical (unpaired) electrons. The zero-order chi connectivity index (χ0) is 18.0. The van der Waals surface area contributed by atoms with E-state index in [9.17, 15) is 4.79 Å². The summed E-state index contributed by atoms with van der Waals surface area (Å²) in [6, 6.07) is 10.7. The van der Waals surface area contributed by atoms with Gasteiger partial charge in [-0.1, -0.05) is 48.4 Å². The van der Waals surface area contributed by atoms with Gasteiger partial charge < -0.3 is 10.6 Å². The van der Waals surface area contributed by atoms with Crippen LogP contribution in [-0.2, 0) is 16.8 Å². The molecule has 2 aromatic rings. The van der Waals surface area contributed by atoms with Crippen molar-refractivity contribution in [3.05, 3.63) is 47.8 Å². The average molecular weight is 353 g/mol. The van der Waals surface area contributed by atoms with Crippen molar-refractivity contribution in [2.75, 3.05) is 13.1 Å². The summed E-state index contributed by atoms with van der Waals surface area (Å²) in [5, 5.41) is 8.29. The maximum Gasteiger partial charge on any atom is 0.233 e. The number of nitrogens with zero attached hydrogens (tertiary/aromatic N) is 4. The average Bonchev–Trinajstić information content (AvgIpc) is 3.39. The van der Waals surface area contributed by atoms with Gasteiger partial charge >= 0.3 is 0 Å². The highest BCUT2D eigenvalue weighted by Gasteiger charge is 2.45. The van der Waals surface area contributed by atoms with Crippen molar-refractivity contribution in [3.63, 3.8) is 0 Å². The van der Waals surface area contributed by atoms with Crippen LogP contribution in [0.25, 0.3) is 0 Å². The van der Waals surface area contributed by atoms with E-state index in [1.54, 1.807) is 0 Å². The normalized spacial score (nSPS) is 20.4. The topological polar surface area (TPSA) is 77.0 Å². The highest BCUT2D eigenvalue weighted by Crippen LogP contribution is 2.43. The summed E-state index contributed by atoms with van der Waals surface area (Å²) in [6.07, 6.45) is 7.99. The van der Waals surface area contributed by atoms with Crippen LogP contribution >= 0.6 is 0 Å². The number of piperidine rings is 1. The van der Waals surface area contributed by atoms with E-state index >= 15 is 0 Å². The Morgan fingerprint density at radius 2 is 1.85 bits per heavy atom. The fourth-order valence-corrected chi connectivity index (χ4v) is 4.58. The molecule has 0 bridgehead atoms. The zero-order valence-corrected chi connectivity index (χ0v) is 15.2. The highest BCUT2D eigenvalue weighted by molar-refractivity contribution is 5.88. The van der Waals surface area contributed by atoms with Crippen molar-refractivity contribution in [2.45, 2.75) is 56.5 Å². The molecule has 6 nitrogen and oxygen atoms in total. The van der Waals surface area contributed by atoms with Crippen molar-refractivity contribution in [2.24, 2.45) is 5.73 Å². The molecule has 0 atom stereocenters. The Morgan fingerprint density at radius 1 is 1.15 bits per heavy atom. The van der Waals surface area contributed by atoms with Crippen LogP contribution < -0.4 is 5.73 Å². The number of amides is 1. The summed E-state index contributed by atoms with van der Waals surface area (Å²) in [4.78, 5) is 15.6. The number of nitrogens with two attached hydrogens (primary N) is 1. The van der Waals surface area contributed by atoms with Gasteiger partial charge in [-0.15, -0.1) is 5.10 Å². The maximum atomic E-state index is 13.5. The van der Waals surface area contributed by atoms with Crippen molar-refractivity contribution >= 4 is 5.91 Å². The van der Waals surface area contributed by atoms with Crippen LogP contribution in [0.4, 0.5) is 0 Å². The molecule has 2 fully saturated rings. The molecule has 1 saturated carbocycles. The number of likely N-dealkylation sites (tertiary alicyclic amines) is 1. The molecule has 1 saturated heterocycles. The molecule has 1 aliphatic carbocycles. The van der Waals surface area contributed by atoms with E-state index < -0.39 is 0 Å². The number of hydrogen-bond donors (Lipinski definition) is 1. The molecule has 26 heavy (non-hydrogen) atoms. The van der Waals surface area contributed by atoms with Gasteiger partial charge in [-0.2, -0.15) is 0 Å². The van der Waals surface area contributed by atoms with Crippen molar-refractivity contribution in [3.8, 4) is 0 Å². The lowest BCUT2D eigenvalue weighted by atomic mass is 9.77. The molecule has 1 aromatic carbocycles. The Kier molecular flexibility index (Phi) is 4.76. The van der Waals surface area contributed by atoms with Crippen molar-refractivity contribution in [1.29, 1.82) is 0 Å². The molecule has 0 spiro atoms. The molecule has 2 N–H and O–H groups in total.